The molecule has 1 rings (SSSR count). The zero-order chi connectivity index (χ0) is 12.7. The van der Waals surface area contributed by atoms with Crippen LogP contribution in [0.25, 0.3) is 0 Å². The minimum atomic E-state index is -0.605. The van der Waals surface area contributed by atoms with E-state index in [0.29, 0.717) is 6.54 Å². The second-order valence-electron chi connectivity index (χ2n) is 3.58. The van der Waals surface area contributed by atoms with Crippen LogP contribution < -0.4 is 5.32 Å². The number of rotatable bonds is 4. The highest BCUT2D eigenvalue weighted by Gasteiger charge is 2.10. The lowest BCUT2D eigenvalue weighted by molar-refractivity contribution is -0.129. The first-order valence-electron chi connectivity index (χ1n) is 5.23. The van der Waals surface area contributed by atoms with Crippen LogP contribution in [0.15, 0.2) is 30.3 Å². The van der Waals surface area contributed by atoms with Crippen molar-refractivity contribution < 1.29 is 14.3 Å². The number of carbonyl (C=O) groups is 2. The third-order valence-corrected chi connectivity index (χ3v) is 2.26. The van der Waals surface area contributed by atoms with Crippen LogP contribution in [0.5, 0.6) is 0 Å². The predicted octanol–water partition coefficient (Wildman–Crippen LogP) is 1.00. The second-order valence-corrected chi connectivity index (χ2v) is 3.58. The maximum absolute atomic E-state index is 11.6. The summed E-state index contributed by atoms with van der Waals surface area (Å²) in [5, 5.41) is 2.35. The molecule has 0 spiro atoms. The molecule has 17 heavy (non-hydrogen) atoms. The van der Waals surface area contributed by atoms with Gasteiger partial charge >= 0.3 is 6.09 Å². The molecule has 5 heteroatoms. The Balaban J connectivity index is 2.40. The van der Waals surface area contributed by atoms with E-state index < -0.39 is 6.09 Å². The first kappa shape index (κ1) is 13.0. The molecule has 0 atom stereocenters. The summed E-state index contributed by atoms with van der Waals surface area (Å²) in [6.07, 6.45) is -0.605. The van der Waals surface area contributed by atoms with Crippen LogP contribution in [-0.4, -0.2) is 37.6 Å². The summed E-state index contributed by atoms with van der Waals surface area (Å²) in [6.45, 7) is 0.457. The summed E-state index contributed by atoms with van der Waals surface area (Å²) < 4.78 is 4.38. The van der Waals surface area contributed by atoms with Gasteiger partial charge in [0.2, 0.25) is 5.91 Å². The number of hydrogen-bond acceptors (Lipinski definition) is 3. The van der Waals surface area contributed by atoms with Crippen LogP contribution >= 0.6 is 0 Å². The summed E-state index contributed by atoms with van der Waals surface area (Å²) in [5.74, 6) is -0.167. The molecule has 0 saturated heterocycles. The SMILES string of the molecule is COC(=O)NCC(=O)N(C)Cc1ccccc1. The van der Waals surface area contributed by atoms with Crippen molar-refractivity contribution in [2.45, 2.75) is 6.54 Å². The van der Waals surface area contributed by atoms with Crippen LogP contribution in [0.4, 0.5) is 4.79 Å². The van der Waals surface area contributed by atoms with Gasteiger partial charge in [0.15, 0.2) is 0 Å². The van der Waals surface area contributed by atoms with Gasteiger partial charge in [0.25, 0.3) is 0 Å². The minimum Gasteiger partial charge on any atom is -0.453 e. The van der Waals surface area contributed by atoms with Gasteiger partial charge in [-0.2, -0.15) is 0 Å². The average molecular weight is 236 g/mol. The van der Waals surface area contributed by atoms with E-state index in [1.165, 1.54) is 7.11 Å². The van der Waals surface area contributed by atoms with Gasteiger partial charge in [-0.25, -0.2) is 4.79 Å². The van der Waals surface area contributed by atoms with Crippen molar-refractivity contribution in [3.05, 3.63) is 35.9 Å². The van der Waals surface area contributed by atoms with E-state index >= 15 is 0 Å². The molecule has 0 aliphatic carbocycles. The Morgan fingerprint density at radius 2 is 1.94 bits per heavy atom. The quantitative estimate of drug-likeness (QED) is 0.848. The summed E-state index contributed by atoms with van der Waals surface area (Å²) in [5.41, 5.74) is 1.04. The number of nitrogens with one attached hydrogen (secondary N) is 1. The third kappa shape index (κ3) is 4.55. The van der Waals surface area contributed by atoms with Crippen LogP contribution in [0.1, 0.15) is 5.56 Å². The molecular formula is C12H16N2O3. The van der Waals surface area contributed by atoms with Gasteiger partial charge in [-0.1, -0.05) is 30.3 Å². The average Bonchev–Trinajstić information content (AvgIpc) is 2.36. The number of carbonyl (C=O) groups excluding carboxylic acids is 2. The van der Waals surface area contributed by atoms with Gasteiger partial charge in [0.1, 0.15) is 6.54 Å². The highest BCUT2D eigenvalue weighted by atomic mass is 16.5. The smallest absolute Gasteiger partial charge is 0.407 e. The Morgan fingerprint density at radius 1 is 1.29 bits per heavy atom. The molecule has 1 aromatic carbocycles. The third-order valence-electron chi connectivity index (χ3n) is 2.26. The standard InChI is InChI=1S/C12H16N2O3/c1-14(9-10-6-4-3-5-7-10)11(15)8-13-12(16)17-2/h3-7H,8-9H2,1-2H3,(H,13,16). The first-order chi connectivity index (χ1) is 8.13. The number of likely N-dealkylation sites (N-methyl/N-ethyl adjacent to an activating group) is 1. The summed E-state index contributed by atoms with van der Waals surface area (Å²) in [4.78, 5) is 24.0. The van der Waals surface area contributed by atoms with E-state index in [9.17, 15) is 9.59 Å². The topological polar surface area (TPSA) is 58.6 Å². The molecule has 0 radical (unpaired) electrons. The zero-order valence-electron chi connectivity index (χ0n) is 9.97. The van der Waals surface area contributed by atoms with E-state index in [1.807, 2.05) is 30.3 Å². The minimum absolute atomic E-state index is 0.0595. The highest BCUT2D eigenvalue weighted by Crippen LogP contribution is 2.02. The van der Waals surface area contributed by atoms with Gasteiger partial charge in [-0.15, -0.1) is 0 Å². The predicted molar refractivity (Wildman–Crippen MR) is 63.3 cm³/mol. The molecule has 0 aliphatic rings. The fourth-order valence-electron chi connectivity index (χ4n) is 1.30. The molecule has 0 aliphatic heterocycles. The number of methoxy groups -OCH3 is 1. The van der Waals surface area contributed by atoms with E-state index in [2.05, 4.69) is 10.1 Å². The summed E-state index contributed by atoms with van der Waals surface area (Å²) in [6, 6.07) is 9.64. The molecule has 0 heterocycles. The van der Waals surface area contributed by atoms with E-state index in [0.717, 1.165) is 5.56 Å². The van der Waals surface area contributed by atoms with Crippen molar-refractivity contribution in [3.63, 3.8) is 0 Å². The maximum atomic E-state index is 11.6. The van der Waals surface area contributed by atoms with Crippen LogP contribution in [0.3, 0.4) is 0 Å². The van der Waals surface area contributed by atoms with Crippen LogP contribution in [0.2, 0.25) is 0 Å². The maximum Gasteiger partial charge on any atom is 0.407 e. The Morgan fingerprint density at radius 3 is 2.53 bits per heavy atom. The van der Waals surface area contributed by atoms with Crippen molar-refractivity contribution in [2.24, 2.45) is 0 Å². The fraction of sp³-hybridized carbons (Fsp3) is 0.333. The molecular weight excluding hydrogens is 220 g/mol. The van der Waals surface area contributed by atoms with E-state index in [1.54, 1.807) is 11.9 Å². The number of hydrogen-bond donors (Lipinski definition) is 1. The Labute approximate surface area is 100 Å². The highest BCUT2D eigenvalue weighted by molar-refractivity contribution is 5.81. The Kier molecular flexibility index (Phi) is 5.00. The lowest BCUT2D eigenvalue weighted by atomic mass is 10.2. The molecule has 1 N–H and O–H groups in total. The zero-order valence-corrected chi connectivity index (χ0v) is 9.97. The molecule has 0 saturated carbocycles. The number of benzene rings is 1. The number of ether oxygens (including phenoxy) is 1. The fourth-order valence-corrected chi connectivity index (χ4v) is 1.30. The molecule has 1 aromatic rings. The monoisotopic (exact) mass is 236 g/mol. The lowest BCUT2D eigenvalue weighted by Gasteiger charge is -2.17. The normalized spacial score (nSPS) is 9.53. The van der Waals surface area contributed by atoms with E-state index in [4.69, 9.17) is 0 Å². The van der Waals surface area contributed by atoms with Crippen LogP contribution in [-0.2, 0) is 16.1 Å². The number of alkyl carbamates (subject to hydrolysis) is 1. The molecule has 0 unspecified atom stereocenters. The Bertz CT molecular complexity index is 379. The van der Waals surface area contributed by atoms with E-state index in [-0.39, 0.29) is 12.5 Å². The van der Waals surface area contributed by atoms with Gasteiger partial charge in [0, 0.05) is 13.6 Å². The molecule has 5 nitrogen and oxygen atoms in total. The van der Waals surface area contributed by atoms with Gasteiger partial charge < -0.3 is 15.0 Å². The largest absolute Gasteiger partial charge is 0.453 e. The number of nitrogens with zero attached hydrogens (tertiary/aromatic N) is 1. The van der Waals surface area contributed by atoms with Gasteiger partial charge in [-0.05, 0) is 5.56 Å². The second kappa shape index (κ2) is 6.52. The lowest BCUT2D eigenvalue weighted by Crippen LogP contribution is -2.37. The Hall–Kier alpha value is -2.04. The van der Waals surface area contributed by atoms with Gasteiger partial charge in [-0.3, -0.25) is 4.79 Å². The molecule has 2 amide bonds. The van der Waals surface area contributed by atoms with Crippen molar-refractivity contribution in [3.8, 4) is 0 Å². The molecule has 92 valence electrons. The van der Waals surface area contributed by atoms with Gasteiger partial charge in [0.05, 0.1) is 7.11 Å². The summed E-state index contributed by atoms with van der Waals surface area (Å²) in [7, 11) is 2.95. The van der Waals surface area contributed by atoms with Crippen molar-refractivity contribution in [1.82, 2.24) is 10.2 Å². The van der Waals surface area contributed by atoms with Crippen molar-refractivity contribution >= 4 is 12.0 Å². The molecule has 0 fully saturated rings. The molecule has 0 bridgehead atoms. The van der Waals surface area contributed by atoms with Crippen molar-refractivity contribution in [2.75, 3.05) is 20.7 Å². The molecule has 0 aromatic heterocycles. The van der Waals surface area contributed by atoms with Crippen LogP contribution in [0, 0.1) is 0 Å². The first-order valence-corrected chi connectivity index (χ1v) is 5.23. The number of amides is 2. The van der Waals surface area contributed by atoms with Crippen molar-refractivity contribution in [1.29, 1.82) is 0 Å². The summed E-state index contributed by atoms with van der Waals surface area (Å²) >= 11 is 0.